The number of nitrogens with zero attached hydrogens (tertiary/aromatic N) is 3. The molecule has 0 aromatic carbocycles. The molecule has 0 aliphatic carbocycles. The third-order valence-corrected chi connectivity index (χ3v) is 3.84. The van der Waals surface area contributed by atoms with E-state index in [1.165, 1.54) is 12.5 Å². The summed E-state index contributed by atoms with van der Waals surface area (Å²) in [5.41, 5.74) is 1.34. The van der Waals surface area contributed by atoms with Crippen molar-refractivity contribution in [2.75, 3.05) is 19.8 Å². The molecule has 1 aliphatic heterocycles. The molecule has 0 unspecified atom stereocenters. The maximum Gasteiger partial charge on any atom is 0.259 e. The van der Waals surface area contributed by atoms with Gasteiger partial charge in [0, 0.05) is 11.9 Å². The average molecular weight is 279 g/mol. The number of amides is 1. The van der Waals surface area contributed by atoms with E-state index in [1.54, 1.807) is 16.2 Å². The highest BCUT2D eigenvalue weighted by Gasteiger charge is 2.31. The van der Waals surface area contributed by atoms with Gasteiger partial charge in [0.2, 0.25) is 0 Å². The van der Waals surface area contributed by atoms with Crippen LogP contribution in [-0.2, 0) is 4.74 Å². The first-order chi connectivity index (χ1) is 9.25. The number of morpholine rings is 1. The molecule has 0 N–H and O–H groups in total. The smallest absolute Gasteiger partial charge is 0.259 e. The molecule has 3 rings (SSSR count). The minimum Gasteiger partial charge on any atom is -0.377 e. The van der Waals surface area contributed by atoms with Crippen LogP contribution in [0.3, 0.4) is 0 Å². The van der Waals surface area contributed by atoms with Crippen LogP contribution in [0.1, 0.15) is 27.1 Å². The summed E-state index contributed by atoms with van der Waals surface area (Å²) in [5.74, 6) is -0.0970. The standard InChI is InChI=1S/C12H13N3O3S/c1-8-14-10(7-19-8)11-6-17-3-2-15(11)12(16)9-4-13-18-5-9/h4-5,7,11H,2-3,6H2,1H3/t11-/m0/s1. The Morgan fingerprint density at radius 2 is 2.47 bits per heavy atom. The molecule has 0 saturated carbocycles. The topological polar surface area (TPSA) is 68.5 Å². The molecule has 2 aromatic rings. The van der Waals surface area contributed by atoms with Gasteiger partial charge in [0.15, 0.2) is 0 Å². The normalized spacial score (nSPS) is 19.6. The van der Waals surface area contributed by atoms with Crippen molar-refractivity contribution in [3.05, 3.63) is 34.1 Å². The van der Waals surface area contributed by atoms with Crippen molar-refractivity contribution in [3.8, 4) is 0 Å². The summed E-state index contributed by atoms with van der Waals surface area (Å²) >= 11 is 1.57. The third kappa shape index (κ3) is 2.39. The largest absolute Gasteiger partial charge is 0.377 e. The fourth-order valence-corrected chi connectivity index (χ4v) is 2.76. The Bertz CT molecular complexity index is 567. The lowest BCUT2D eigenvalue weighted by Crippen LogP contribution is -2.43. The molecular formula is C12H13N3O3S. The van der Waals surface area contributed by atoms with Crippen molar-refractivity contribution in [2.24, 2.45) is 0 Å². The summed E-state index contributed by atoms with van der Waals surface area (Å²) < 4.78 is 10.2. The number of thiazole rings is 1. The molecule has 2 aromatic heterocycles. The summed E-state index contributed by atoms with van der Waals surface area (Å²) in [6.07, 6.45) is 2.79. The molecule has 100 valence electrons. The van der Waals surface area contributed by atoms with Gasteiger partial charge in [-0.25, -0.2) is 4.98 Å². The Kier molecular flexibility index (Phi) is 3.31. The lowest BCUT2D eigenvalue weighted by molar-refractivity contribution is -0.00379. The number of hydrogen-bond acceptors (Lipinski definition) is 6. The Morgan fingerprint density at radius 3 is 3.16 bits per heavy atom. The van der Waals surface area contributed by atoms with Gasteiger partial charge in [-0.05, 0) is 6.92 Å². The van der Waals surface area contributed by atoms with Gasteiger partial charge in [-0.3, -0.25) is 4.79 Å². The molecule has 3 heterocycles. The van der Waals surface area contributed by atoms with Crippen LogP contribution in [0.2, 0.25) is 0 Å². The predicted molar refractivity (Wildman–Crippen MR) is 68.0 cm³/mol. The molecule has 0 bridgehead atoms. The van der Waals surface area contributed by atoms with Crippen molar-refractivity contribution in [2.45, 2.75) is 13.0 Å². The van der Waals surface area contributed by atoms with Crippen molar-refractivity contribution < 1.29 is 14.1 Å². The minimum absolute atomic E-state index is 0.0970. The van der Waals surface area contributed by atoms with Gasteiger partial charge in [-0.1, -0.05) is 5.16 Å². The zero-order valence-corrected chi connectivity index (χ0v) is 11.2. The summed E-state index contributed by atoms with van der Waals surface area (Å²) in [5, 5.41) is 6.53. The van der Waals surface area contributed by atoms with Gasteiger partial charge in [0.05, 0.1) is 41.7 Å². The molecule has 1 atom stereocenters. The van der Waals surface area contributed by atoms with E-state index in [0.717, 1.165) is 10.7 Å². The molecule has 7 heteroatoms. The fraction of sp³-hybridized carbons (Fsp3) is 0.417. The second-order valence-corrected chi connectivity index (χ2v) is 5.36. The first-order valence-corrected chi connectivity index (χ1v) is 6.84. The molecule has 1 aliphatic rings. The van der Waals surface area contributed by atoms with Gasteiger partial charge < -0.3 is 14.2 Å². The minimum atomic E-state index is -0.138. The lowest BCUT2D eigenvalue weighted by Gasteiger charge is -2.34. The number of aromatic nitrogens is 2. The Balaban J connectivity index is 1.87. The average Bonchev–Trinajstić information content (AvgIpc) is 3.09. The number of ether oxygens (including phenoxy) is 1. The Hall–Kier alpha value is -1.73. The monoisotopic (exact) mass is 279 g/mol. The van der Waals surface area contributed by atoms with E-state index >= 15 is 0 Å². The number of hydrogen-bond donors (Lipinski definition) is 0. The van der Waals surface area contributed by atoms with Gasteiger partial charge in [0.25, 0.3) is 5.91 Å². The molecule has 19 heavy (non-hydrogen) atoms. The van der Waals surface area contributed by atoms with E-state index in [1.807, 2.05) is 12.3 Å². The lowest BCUT2D eigenvalue weighted by atomic mass is 10.1. The second-order valence-electron chi connectivity index (χ2n) is 4.29. The van der Waals surface area contributed by atoms with E-state index < -0.39 is 0 Å². The van der Waals surface area contributed by atoms with Crippen molar-refractivity contribution in [1.82, 2.24) is 15.0 Å². The number of aryl methyl sites for hydroxylation is 1. The van der Waals surface area contributed by atoms with Crippen molar-refractivity contribution in [1.29, 1.82) is 0 Å². The van der Waals surface area contributed by atoms with E-state index in [2.05, 4.69) is 10.1 Å². The number of rotatable bonds is 2. The second kappa shape index (κ2) is 5.10. The van der Waals surface area contributed by atoms with Crippen LogP contribution >= 0.6 is 11.3 Å². The SMILES string of the molecule is Cc1nc([C@@H]2COCCN2C(=O)c2cnoc2)cs1. The highest BCUT2D eigenvalue weighted by molar-refractivity contribution is 7.09. The van der Waals surface area contributed by atoms with Crippen LogP contribution in [0.4, 0.5) is 0 Å². The van der Waals surface area contributed by atoms with Crippen molar-refractivity contribution in [3.63, 3.8) is 0 Å². The summed E-state index contributed by atoms with van der Waals surface area (Å²) in [6.45, 7) is 3.51. The van der Waals surface area contributed by atoms with E-state index in [-0.39, 0.29) is 11.9 Å². The highest BCUT2D eigenvalue weighted by atomic mass is 32.1. The van der Waals surface area contributed by atoms with E-state index in [9.17, 15) is 4.79 Å². The molecular weight excluding hydrogens is 266 g/mol. The van der Waals surface area contributed by atoms with Crippen LogP contribution in [0.15, 0.2) is 22.4 Å². The quantitative estimate of drug-likeness (QED) is 0.836. The van der Waals surface area contributed by atoms with Crippen molar-refractivity contribution >= 4 is 17.2 Å². The van der Waals surface area contributed by atoms with Gasteiger partial charge >= 0.3 is 0 Å². The van der Waals surface area contributed by atoms with Crippen LogP contribution in [0, 0.1) is 6.92 Å². The molecule has 0 spiro atoms. The first-order valence-electron chi connectivity index (χ1n) is 5.96. The zero-order chi connectivity index (χ0) is 13.2. The third-order valence-electron chi connectivity index (χ3n) is 3.05. The van der Waals surface area contributed by atoms with Crippen LogP contribution < -0.4 is 0 Å². The molecule has 1 fully saturated rings. The van der Waals surface area contributed by atoms with Gasteiger partial charge in [-0.2, -0.15) is 0 Å². The van der Waals surface area contributed by atoms with Crippen LogP contribution in [-0.4, -0.2) is 40.7 Å². The maximum absolute atomic E-state index is 12.4. The summed E-state index contributed by atoms with van der Waals surface area (Å²) in [7, 11) is 0. The number of carbonyl (C=O) groups is 1. The van der Waals surface area contributed by atoms with Crippen LogP contribution in [0.25, 0.3) is 0 Å². The number of carbonyl (C=O) groups excluding carboxylic acids is 1. The summed E-state index contributed by atoms with van der Waals surface area (Å²) in [6, 6.07) is -0.138. The maximum atomic E-state index is 12.4. The van der Waals surface area contributed by atoms with Crippen LogP contribution in [0.5, 0.6) is 0 Å². The first kappa shape index (κ1) is 12.3. The molecule has 0 radical (unpaired) electrons. The predicted octanol–water partition coefficient (Wildman–Crippen LogP) is 1.65. The summed E-state index contributed by atoms with van der Waals surface area (Å²) in [4.78, 5) is 18.6. The molecule has 1 amide bonds. The molecule has 1 saturated heterocycles. The Morgan fingerprint density at radius 1 is 1.58 bits per heavy atom. The fourth-order valence-electron chi connectivity index (χ4n) is 2.10. The van der Waals surface area contributed by atoms with Gasteiger partial charge in [-0.15, -0.1) is 11.3 Å². The Labute approximate surface area is 114 Å². The molecule has 6 nitrogen and oxygen atoms in total. The van der Waals surface area contributed by atoms with E-state index in [0.29, 0.717) is 25.3 Å². The van der Waals surface area contributed by atoms with Gasteiger partial charge in [0.1, 0.15) is 6.26 Å². The highest BCUT2D eigenvalue weighted by Crippen LogP contribution is 2.26. The zero-order valence-electron chi connectivity index (χ0n) is 10.4. The van der Waals surface area contributed by atoms with E-state index in [4.69, 9.17) is 9.26 Å².